The predicted molar refractivity (Wildman–Crippen MR) is 112 cm³/mol. The molecular formula is C21H26ClN3O2. The molecule has 1 aliphatic rings. The molecule has 1 heterocycles. The number of ether oxygens (including phenoxy) is 1. The first kappa shape index (κ1) is 20.8. The van der Waals surface area contributed by atoms with Crippen LogP contribution in [-0.2, 0) is 9.53 Å². The number of rotatable bonds is 3. The highest BCUT2D eigenvalue weighted by molar-refractivity contribution is 6.13. The highest BCUT2D eigenvalue weighted by Gasteiger charge is 2.43. The summed E-state index contributed by atoms with van der Waals surface area (Å²) in [5, 5.41) is 8.87. The van der Waals surface area contributed by atoms with Crippen LogP contribution in [0.15, 0.2) is 36.4 Å². The van der Waals surface area contributed by atoms with E-state index in [1.807, 2.05) is 73.9 Å². The van der Waals surface area contributed by atoms with Crippen molar-refractivity contribution < 1.29 is 9.53 Å². The molecule has 1 atom stereocenters. The molecule has 27 heavy (non-hydrogen) atoms. The maximum Gasteiger partial charge on any atom is 0.330 e. The van der Waals surface area contributed by atoms with Crippen LogP contribution in [0.2, 0.25) is 0 Å². The number of nitrogens with zero attached hydrogens (tertiary/aromatic N) is 2. The van der Waals surface area contributed by atoms with Crippen LogP contribution in [0.4, 0.5) is 11.4 Å². The third kappa shape index (κ3) is 3.52. The Bertz CT molecular complexity index is 841. The molecule has 0 amide bonds. The van der Waals surface area contributed by atoms with Crippen LogP contribution >= 0.6 is 12.4 Å². The molecule has 144 valence electrons. The van der Waals surface area contributed by atoms with Crippen LogP contribution in [0.3, 0.4) is 0 Å². The van der Waals surface area contributed by atoms with Crippen molar-refractivity contribution in [2.75, 3.05) is 23.5 Å². The number of anilines is 2. The number of hydrogen-bond donors (Lipinski definition) is 1. The summed E-state index contributed by atoms with van der Waals surface area (Å²) in [6.45, 7) is 8.47. The van der Waals surface area contributed by atoms with Crippen LogP contribution in [0.25, 0.3) is 0 Å². The van der Waals surface area contributed by atoms with Crippen molar-refractivity contribution >= 4 is 35.7 Å². The Morgan fingerprint density at radius 2 is 1.41 bits per heavy atom. The second-order valence-electron chi connectivity index (χ2n) is 6.82. The topological polar surface area (TPSA) is 56.6 Å². The second-order valence-corrected chi connectivity index (χ2v) is 6.82. The molecule has 0 bridgehead atoms. The standard InChI is InChI=1S/C21H25N3O2.ClH/c1-13-8-6-9-14(2)18(13)23-12-17(20(25)26-5)24(21(23)22)19-15(3)10-7-11-16(19)4;/h6-11,17,22H,12H2,1-5H3;1H. The SMILES string of the molecule is COC(=O)C1CN(c2c(C)cccc2C)C(=N)N1c1c(C)cccc1C.Cl. The summed E-state index contributed by atoms with van der Waals surface area (Å²) in [5.41, 5.74) is 6.13. The Morgan fingerprint density at radius 1 is 0.963 bits per heavy atom. The fourth-order valence-corrected chi connectivity index (χ4v) is 3.81. The lowest BCUT2D eigenvalue weighted by Crippen LogP contribution is -2.41. The lowest BCUT2D eigenvalue weighted by Gasteiger charge is -2.28. The smallest absolute Gasteiger partial charge is 0.330 e. The summed E-state index contributed by atoms with van der Waals surface area (Å²) in [7, 11) is 1.40. The van der Waals surface area contributed by atoms with Gasteiger partial charge in [-0.3, -0.25) is 10.3 Å². The van der Waals surface area contributed by atoms with Crippen molar-refractivity contribution in [2.24, 2.45) is 0 Å². The van der Waals surface area contributed by atoms with Gasteiger partial charge in [0, 0.05) is 5.69 Å². The Labute approximate surface area is 166 Å². The second kappa shape index (κ2) is 8.01. The van der Waals surface area contributed by atoms with E-state index in [0.29, 0.717) is 12.5 Å². The van der Waals surface area contributed by atoms with Gasteiger partial charge in [-0.2, -0.15) is 0 Å². The number of esters is 1. The average Bonchev–Trinajstić information content (AvgIpc) is 2.92. The first-order valence-electron chi connectivity index (χ1n) is 8.72. The van der Waals surface area contributed by atoms with E-state index < -0.39 is 6.04 Å². The quantitative estimate of drug-likeness (QED) is 0.804. The zero-order valence-corrected chi connectivity index (χ0v) is 17.2. The van der Waals surface area contributed by atoms with Crippen molar-refractivity contribution in [3.63, 3.8) is 0 Å². The molecule has 6 heteroatoms. The zero-order valence-electron chi connectivity index (χ0n) is 16.4. The highest BCUT2D eigenvalue weighted by Crippen LogP contribution is 2.35. The number of para-hydroxylation sites is 2. The number of aryl methyl sites for hydroxylation is 4. The van der Waals surface area contributed by atoms with Crippen molar-refractivity contribution in [2.45, 2.75) is 33.7 Å². The number of methoxy groups -OCH3 is 1. The maximum atomic E-state index is 12.5. The van der Waals surface area contributed by atoms with Gasteiger partial charge in [0.2, 0.25) is 5.96 Å². The number of carbonyl (C=O) groups excluding carboxylic acids is 1. The average molecular weight is 388 g/mol. The first-order valence-corrected chi connectivity index (χ1v) is 8.72. The first-order chi connectivity index (χ1) is 12.4. The van der Waals surface area contributed by atoms with Crippen LogP contribution in [0.5, 0.6) is 0 Å². The van der Waals surface area contributed by atoms with E-state index in [2.05, 4.69) is 0 Å². The Hall–Kier alpha value is -2.53. The fraction of sp³-hybridized carbons (Fsp3) is 0.333. The minimum Gasteiger partial charge on any atom is -0.467 e. The molecule has 1 aliphatic heterocycles. The minimum absolute atomic E-state index is 0. The van der Waals surface area contributed by atoms with Gasteiger partial charge in [-0.05, 0) is 49.9 Å². The predicted octanol–water partition coefficient (Wildman–Crippen LogP) is 4.15. The van der Waals surface area contributed by atoms with E-state index in [0.717, 1.165) is 33.6 Å². The third-order valence-corrected chi connectivity index (χ3v) is 5.01. The van der Waals surface area contributed by atoms with E-state index >= 15 is 0 Å². The van der Waals surface area contributed by atoms with Gasteiger partial charge in [-0.25, -0.2) is 4.79 Å². The number of halogens is 1. The van der Waals surface area contributed by atoms with E-state index in [1.165, 1.54) is 7.11 Å². The Morgan fingerprint density at radius 3 is 1.85 bits per heavy atom. The fourth-order valence-electron chi connectivity index (χ4n) is 3.81. The summed E-state index contributed by atoms with van der Waals surface area (Å²) < 4.78 is 5.05. The monoisotopic (exact) mass is 387 g/mol. The number of carbonyl (C=O) groups is 1. The molecule has 0 aromatic heterocycles. The van der Waals surface area contributed by atoms with Gasteiger partial charge in [0.05, 0.1) is 19.3 Å². The molecule has 5 nitrogen and oxygen atoms in total. The van der Waals surface area contributed by atoms with Gasteiger partial charge in [0.1, 0.15) is 0 Å². The molecule has 2 aromatic rings. The molecule has 1 N–H and O–H groups in total. The van der Waals surface area contributed by atoms with E-state index in [4.69, 9.17) is 10.1 Å². The van der Waals surface area contributed by atoms with E-state index in [-0.39, 0.29) is 18.4 Å². The maximum absolute atomic E-state index is 12.5. The largest absolute Gasteiger partial charge is 0.467 e. The summed E-state index contributed by atoms with van der Waals surface area (Å²) >= 11 is 0. The lowest BCUT2D eigenvalue weighted by molar-refractivity contribution is -0.141. The Kier molecular flexibility index (Phi) is 6.16. The molecule has 0 saturated carbocycles. The van der Waals surface area contributed by atoms with Crippen LogP contribution < -0.4 is 9.80 Å². The molecule has 3 rings (SSSR count). The summed E-state index contributed by atoms with van der Waals surface area (Å²) in [6.07, 6.45) is 0. The summed E-state index contributed by atoms with van der Waals surface area (Å²) in [4.78, 5) is 16.2. The number of benzene rings is 2. The highest BCUT2D eigenvalue weighted by atomic mass is 35.5. The van der Waals surface area contributed by atoms with Gasteiger partial charge in [0.15, 0.2) is 6.04 Å². The van der Waals surface area contributed by atoms with Gasteiger partial charge in [-0.1, -0.05) is 36.4 Å². The molecule has 1 saturated heterocycles. The third-order valence-electron chi connectivity index (χ3n) is 5.01. The van der Waals surface area contributed by atoms with Crippen LogP contribution in [0.1, 0.15) is 22.3 Å². The van der Waals surface area contributed by atoms with Crippen LogP contribution in [0, 0.1) is 33.1 Å². The summed E-state index contributed by atoms with van der Waals surface area (Å²) in [6, 6.07) is 11.5. The molecule has 0 spiro atoms. The lowest BCUT2D eigenvalue weighted by atomic mass is 10.1. The van der Waals surface area contributed by atoms with Crippen molar-refractivity contribution in [1.82, 2.24) is 0 Å². The van der Waals surface area contributed by atoms with Crippen LogP contribution in [-0.4, -0.2) is 31.6 Å². The summed E-state index contributed by atoms with van der Waals surface area (Å²) in [5.74, 6) is -0.0265. The normalized spacial score (nSPS) is 16.3. The molecular weight excluding hydrogens is 362 g/mol. The van der Waals surface area contributed by atoms with E-state index in [9.17, 15) is 4.79 Å². The van der Waals surface area contributed by atoms with Crippen molar-refractivity contribution in [3.05, 3.63) is 58.7 Å². The molecule has 1 fully saturated rings. The van der Waals surface area contributed by atoms with Gasteiger partial charge >= 0.3 is 5.97 Å². The van der Waals surface area contributed by atoms with Gasteiger partial charge < -0.3 is 9.64 Å². The Balaban J connectivity index is 0.00000261. The van der Waals surface area contributed by atoms with Gasteiger partial charge in [-0.15, -0.1) is 12.4 Å². The zero-order chi connectivity index (χ0) is 19.0. The van der Waals surface area contributed by atoms with E-state index in [1.54, 1.807) is 0 Å². The molecule has 2 aromatic carbocycles. The van der Waals surface area contributed by atoms with Crippen molar-refractivity contribution in [1.29, 1.82) is 5.41 Å². The molecule has 0 radical (unpaired) electrons. The molecule has 1 unspecified atom stereocenters. The number of nitrogens with one attached hydrogen (secondary N) is 1. The number of guanidine groups is 1. The van der Waals surface area contributed by atoms with Gasteiger partial charge in [0.25, 0.3) is 0 Å². The molecule has 0 aliphatic carbocycles. The minimum atomic E-state index is -0.550. The number of hydrogen-bond acceptors (Lipinski definition) is 3. The van der Waals surface area contributed by atoms with Crippen molar-refractivity contribution in [3.8, 4) is 0 Å².